The normalized spacial score (nSPS) is 21.4. The lowest BCUT2D eigenvalue weighted by Crippen LogP contribution is -2.34. The molecule has 3 nitrogen and oxygen atoms in total. The molecule has 0 bridgehead atoms. The fourth-order valence-electron chi connectivity index (χ4n) is 2.12. The highest BCUT2D eigenvalue weighted by Crippen LogP contribution is 2.34. The van der Waals surface area contributed by atoms with Crippen molar-refractivity contribution in [3.8, 4) is 0 Å². The molecule has 0 radical (unpaired) electrons. The zero-order chi connectivity index (χ0) is 8.60. The lowest BCUT2D eigenvalue weighted by Gasteiger charge is -2.24. The van der Waals surface area contributed by atoms with Crippen molar-refractivity contribution in [2.75, 3.05) is 0 Å². The average molecular weight is 166 g/mol. The van der Waals surface area contributed by atoms with Crippen LogP contribution in [-0.4, -0.2) is 9.55 Å². The molecule has 1 saturated carbocycles. The largest absolute Gasteiger partial charge is 0.325 e. The van der Waals surface area contributed by atoms with Gasteiger partial charge in [-0.05, 0) is 19.8 Å². The Labute approximate surface area is 71.4 Å². The van der Waals surface area contributed by atoms with Crippen molar-refractivity contribution in [3.05, 3.63) is 22.9 Å². The van der Waals surface area contributed by atoms with Gasteiger partial charge in [0.2, 0.25) is 0 Å². The molecular weight excluding hydrogens is 152 g/mol. The molecule has 0 aromatic carbocycles. The van der Waals surface area contributed by atoms with E-state index in [0.717, 1.165) is 12.8 Å². The molecule has 0 unspecified atom stereocenters. The Bertz CT molecular complexity index is 317. The van der Waals surface area contributed by atoms with Crippen LogP contribution in [0.15, 0.2) is 17.2 Å². The quantitative estimate of drug-likeness (QED) is 0.674. The monoisotopic (exact) mass is 166 g/mol. The van der Waals surface area contributed by atoms with E-state index in [9.17, 15) is 4.79 Å². The lowest BCUT2D eigenvalue weighted by atomic mass is 10.0. The Morgan fingerprint density at radius 1 is 1.50 bits per heavy atom. The second-order valence-electron chi connectivity index (χ2n) is 3.84. The number of H-pyrrole nitrogens is 1. The van der Waals surface area contributed by atoms with Gasteiger partial charge in [-0.1, -0.05) is 12.8 Å². The van der Waals surface area contributed by atoms with E-state index in [0.29, 0.717) is 0 Å². The Morgan fingerprint density at radius 2 is 2.17 bits per heavy atom. The molecule has 0 amide bonds. The standard InChI is InChI=1S/C9H14N2O/c1-9(4-2-3-5-9)11-7-6-10-8(11)12/h6-7H,2-5H2,1H3,(H,10,12). The third kappa shape index (κ3) is 1.00. The number of imidazole rings is 1. The molecule has 1 fully saturated rings. The van der Waals surface area contributed by atoms with Crippen LogP contribution < -0.4 is 5.69 Å². The summed E-state index contributed by atoms with van der Waals surface area (Å²) in [4.78, 5) is 14.0. The molecule has 1 aromatic rings. The Hall–Kier alpha value is -0.990. The lowest BCUT2D eigenvalue weighted by molar-refractivity contribution is 0.320. The van der Waals surface area contributed by atoms with E-state index in [1.807, 2.05) is 10.8 Å². The molecule has 1 heterocycles. The van der Waals surface area contributed by atoms with Crippen LogP contribution in [0.4, 0.5) is 0 Å². The predicted octanol–water partition coefficient (Wildman–Crippen LogP) is 1.47. The van der Waals surface area contributed by atoms with Crippen LogP contribution >= 0.6 is 0 Å². The minimum atomic E-state index is 0.0272. The first-order chi connectivity index (χ1) is 5.72. The maximum absolute atomic E-state index is 11.3. The summed E-state index contributed by atoms with van der Waals surface area (Å²) in [5.74, 6) is 0. The Kier molecular flexibility index (Phi) is 1.60. The Balaban J connectivity index is 2.41. The van der Waals surface area contributed by atoms with E-state index >= 15 is 0 Å². The number of nitrogens with zero attached hydrogens (tertiary/aromatic N) is 1. The van der Waals surface area contributed by atoms with Crippen LogP contribution in [0.3, 0.4) is 0 Å². The molecule has 3 heteroatoms. The molecule has 1 aliphatic carbocycles. The zero-order valence-corrected chi connectivity index (χ0v) is 7.34. The van der Waals surface area contributed by atoms with Gasteiger partial charge in [0.25, 0.3) is 0 Å². The van der Waals surface area contributed by atoms with Gasteiger partial charge in [0.05, 0.1) is 0 Å². The highest BCUT2D eigenvalue weighted by Gasteiger charge is 2.31. The summed E-state index contributed by atoms with van der Waals surface area (Å²) < 4.78 is 1.83. The molecule has 1 aliphatic rings. The first kappa shape index (κ1) is 7.65. The van der Waals surface area contributed by atoms with Crippen molar-refractivity contribution in [3.63, 3.8) is 0 Å². The summed E-state index contributed by atoms with van der Waals surface area (Å²) in [7, 11) is 0. The minimum absolute atomic E-state index is 0.0272. The summed E-state index contributed by atoms with van der Waals surface area (Å²) >= 11 is 0. The summed E-state index contributed by atoms with van der Waals surface area (Å²) in [6.45, 7) is 2.16. The van der Waals surface area contributed by atoms with Gasteiger partial charge in [-0.25, -0.2) is 4.79 Å². The molecule has 1 aromatic heterocycles. The molecule has 0 saturated heterocycles. The smallest absolute Gasteiger partial charge is 0.313 e. The maximum atomic E-state index is 11.3. The van der Waals surface area contributed by atoms with E-state index in [1.54, 1.807) is 6.20 Å². The van der Waals surface area contributed by atoms with E-state index in [-0.39, 0.29) is 11.2 Å². The molecule has 12 heavy (non-hydrogen) atoms. The molecule has 0 spiro atoms. The maximum Gasteiger partial charge on any atom is 0.325 e. The summed E-state index contributed by atoms with van der Waals surface area (Å²) in [6.07, 6.45) is 8.32. The van der Waals surface area contributed by atoms with Gasteiger partial charge in [-0.3, -0.25) is 4.57 Å². The highest BCUT2D eigenvalue weighted by atomic mass is 16.1. The minimum Gasteiger partial charge on any atom is -0.313 e. The molecular formula is C9H14N2O. The first-order valence-corrected chi connectivity index (χ1v) is 4.49. The third-order valence-electron chi connectivity index (χ3n) is 2.91. The van der Waals surface area contributed by atoms with Gasteiger partial charge in [-0.2, -0.15) is 0 Å². The number of aromatic nitrogens is 2. The number of hydrogen-bond acceptors (Lipinski definition) is 1. The van der Waals surface area contributed by atoms with Crippen molar-refractivity contribution in [1.29, 1.82) is 0 Å². The van der Waals surface area contributed by atoms with Crippen molar-refractivity contribution in [2.45, 2.75) is 38.1 Å². The highest BCUT2D eigenvalue weighted by molar-refractivity contribution is 4.92. The van der Waals surface area contributed by atoms with Gasteiger partial charge in [-0.15, -0.1) is 0 Å². The third-order valence-corrected chi connectivity index (χ3v) is 2.91. The van der Waals surface area contributed by atoms with E-state index in [4.69, 9.17) is 0 Å². The molecule has 1 N–H and O–H groups in total. The van der Waals surface area contributed by atoms with Crippen LogP contribution in [0.1, 0.15) is 32.6 Å². The van der Waals surface area contributed by atoms with Crippen molar-refractivity contribution >= 4 is 0 Å². The van der Waals surface area contributed by atoms with Gasteiger partial charge in [0.1, 0.15) is 0 Å². The van der Waals surface area contributed by atoms with Crippen LogP contribution in [0.5, 0.6) is 0 Å². The number of rotatable bonds is 1. The second kappa shape index (κ2) is 2.51. The number of aromatic amines is 1. The number of hydrogen-bond donors (Lipinski definition) is 1. The van der Waals surface area contributed by atoms with Gasteiger partial charge in [0.15, 0.2) is 0 Å². The molecule has 0 aliphatic heterocycles. The topological polar surface area (TPSA) is 37.8 Å². The summed E-state index contributed by atoms with van der Waals surface area (Å²) in [5.41, 5.74) is 0.108. The van der Waals surface area contributed by atoms with Gasteiger partial charge in [0, 0.05) is 17.9 Å². The van der Waals surface area contributed by atoms with Crippen LogP contribution in [0.2, 0.25) is 0 Å². The van der Waals surface area contributed by atoms with Crippen LogP contribution in [0, 0.1) is 0 Å². The van der Waals surface area contributed by atoms with Gasteiger partial charge < -0.3 is 4.98 Å². The SMILES string of the molecule is CC1(n2cc[nH]c2=O)CCCC1. The summed E-state index contributed by atoms with van der Waals surface area (Å²) in [5, 5.41) is 0. The first-order valence-electron chi connectivity index (χ1n) is 4.49. The Morgan fingerprint density at radius 3 is 2.67 bits per heavy atom. The second-order valence-corrected chi connectivity index (χ2v) is 3.84. The fourth-order valence-corrected chi connectivity index (χ4v) is 2.12. The predicted molar refractivity (Wildman–Crippen MR) is 47.2 cm³/mol. The van der Waals surface area contributed by atoms with Gasteiger partial charge >= 0.3 is 5.69 Å². The van der Waals surface area contributed by atoms with E-state index < -0.39 is 0 Å². The molecule has 2 rings (SSSR count). The van der Waals surface area contributed by atoms with Crippen LogP contribution in [0.25, 0.3) is 0 Å². The van der Waals surface area contributed by atoms with Crippen molar-refractivity contribution in [1.82, 2.24) is 9.55 Å². The fraction of sp³-hybridized carbons (Fsp3) is 0.667. The van der Waals surface area contributed by atoms with E-state index in [2.05, 4.69) is 11.9 Å². The molecule has 66 valence electrons. The van der Waals surface area contributed by atoms with Crippen molar-refractivity contribution < 1.29 is 0 Å². The molecule has 0 atom stereocenters. The van der Waals surface area contributed by atoms with Crippen LogP contribution in [-0.2, 0) is 5.54 Å². The average Bonchev–Trinajstić information content (AvgIpc) is 2.59. The zero-order valence-electron chi connectivity index (χ0n) is 7.34. The number of nitrogens with one attached hydrogen (secondary N) is 1. The van der Waals surface area contributed by atoms with E-state index in [1.165, 1.54) is 12.8 Å². The van der Waals surface area contributed by atoms with Crippen molar-refractivity contribution in [2.24, 2.45) is 0 Å². The summed E-state index contributed by atoms with van der Waals surface area (Å²) in [6, 6.07) is 0.